The molecule has 2 heterocycles. The van der Waals surface area contributed by atoms with E-state index in [4.69, 9.17) is 4.74 Å². The van der Waals surface area contributed by atoms with E-state index >= 15 is 0 Å². The van der Waals surface area contributed by atoms with Crippen LogP contribution in [-0.4, -0.2) is 42.3 Å². The van der Waals surface area contributed by atoms with Gasteiger partial charge in [-0.25, -0.2) is 4.98 Å². The number of hydrogen-bond acceptors (Lipinski definition) is 7. The topological polar surface area (TPSA) is 105 Å². The van der Waals surface area contributed by atoms with Crippen molar-refractivity contribution in [2.24, 2.45) is 0 Å². The summed E-state index contributed by atoms with van der Waals surface area (Å²) in [7, 11) is 0. The summed E-state index contributed by atoms with van der Waals surface area (Å²) < 4.78 is 6.66. The minimum absolute atomic E-state index is 0.0969. The fourth-order valence-electron chi connectivity index (χ4n) is 2.98. The number of carbonyl (C=O) groups excluding carboxylic acids is 1. The third-order valence-corrected chi connectivity index (χ3v) is 4.54. The van der Waals surface area contributed by atoms with Crippen molar-refractivity contribution in [1.82, 2.24) is 29.8 Å². The van der Waals surface area contributed by atoms with Crippen LogP contribution in [0.4, 0.5) is 0 Å². The molecular weight excluding hydrogens is 384 g/mol. The van der Waals surface area contributed by atoms with Crippen molar-refractivity contribution >= 4 is 16.9 Å². The Morgan fingerprint density at radius 1 is 1.00 bits per heavy atom. The molecule has 2 aromatic carbocycles. The Balaban J connectivity index is 1.22. The zero-order valence-corrected chi connectivity index (χ0v) is 16.2. The van der Waals surface area contributed by atoms with Gasteiger partial charge >= 0.3 is 5.97 Å². The van der Waals surface area contributed by atoms with E-state index in [1.807, 2.05) is 36.4 Å². The predicted octanol–water partition coefficient (Wildman–Crippen LogP) is 2.07. The first-order valence-electron chi connectivity index (χ1n) is 9.64. The van der Waals surface area contributed by atoms with E-state index in [0.717, 1.165) is 5.56 Å². The molecule has 0 aliphatic rings. The van der Waals surface area contributed by atoms with Crippen LogP contribution in [0.3, 0.4) is 0 Å². The lowest BCUT2D eigenvalue weighted by molar-refractivity contribution is -0.144. The van der Waals surface area contributed by atoms with Crippen molar-refractivity contribution in [2.75, 3.05) is 6.61 Å². The molecule has 4 rings (SSSR count). The van der Waals surface area contributed by atoms with Gasteiger partial charge in [0.15, 0.2) is 0 Å². The second-order valence-electron chi connectivity index (χ2n) is 6.66. The average Bonchev–Trinajstić information content (AvgIpc) is 3.26. The van der Waals surface area contributed by atoms with Crippen LogP contribution in [-0.2, 0) is 22.6 Å². The molecule has 0 amide bonds. The van der Waals surface area contributed by atoms with E-state index < -0.39 is 0 Å². The maximum atomic E-state index is 12.4. The third kappa shape index (κ3) is 4.57. The highest BCUT2D eigenvalue weighted by Gasteiger charge is 2.08. The molecule has 30 heavy (non-hydrogen) atoms. The second-order valence-corrected chi connectivity index (χ2v) is 6.66. The van der Waals surface area contributed by atoms with Crippen LogP contribution in [0.25, 0.3) is 22.3 Å². The first kappa shape index (κ1) is 19.4. The largest absolute Gasteiger partial charge is 0.466 e. The Morgan fingerprint density at radius 3 is 2.67 bits per heavy atom. The molecule has 0 atom stereocenters. The summed E-state index contributed by atoms with van der Waals surface area (Å²) in [5, 5.41) is 12.9. The number of aromatic nitrogens is 6. The van der Waals surface area contributed by atoms with Crippen molar-refractivity contribution in [3.05, 3.63) is 71.3 Å². The molecule has 9 nitrogen and oxygen atoms in total. The molecule has 4 aromatic rings. The van der Waals surface area contributed by atoms with Crippen LogP contribution in [0.2, 0.25) is 0 Å². The second kappa shape index (κ2) is 9.08. The molecule has 0 saturated heterocycles. The lowest BCUT2D eigenvalue weighted by atomic mass is 10.2. The fraction of sp³-hybridized carbons (Fsp3) is 0.238. The number of esters is 1. The lowest BCUT2D eigenvalue weighted by Crippen LogP contribution is -2.22. The van der Waals surface area contributed by atoms with E-state index in [1.54, 1.807) is 18.2 Å². The van der Waals surface area contributed by atoms with Crippen LogP contribution in [0.5, 0.6) is 0 Å². The quantitative estimate of drug-likeness (QED) is 0.327. The standard InChI is InChI=1S/C21H20N6O3/c28-19(11-13-26-15-22-18-10-5-4-9-17(18)21(26)29)30-14-6-12-27-24-20(23-25-27)16-7-2-1-3-8-16/h1-5,7-10,15H,6,11-14H2. The van der Waals surface area contributed by atoms with Crippen molar-refractivity contribution in [1.29, 1.82) is 0 Å². The Labute approximate surface area is 171 Å². The van der Waals surface area contributed by atoms with Crippen molar-refractivity contribution in [3.8, 4) is 11.4 Å². The SMILES string of the molecule is O=C(CCn1cnc2ccccc2c1=O)OCCCn1nnc(-c2ccccc2)n1. The van der Waals surface area contributed by atoms with Crippen LogP contribution < -0.4 is 5.56 Å². The van der Waals surface area contributed by atoms with Crippen molar-refractivity contribution in [3.63, 3.8) is 0 Å². The van der Waals surface area contributed by atoms with Gasteiger partial charge in [-0.05, 0) is 17.3 Å². The molecule has 0 spiro atoms. The van der Waals surface area contributed by atoms with Crippen LogP contribution in [0.1, 0.15) is 12.8 Å². The number of benzene rings is 2. The minimum Gasteiger partial charge on any atom is -0.466 e. The fourth-order valence-corrected chi connectivity index (χ4v) is 2.98. The normalized spacial score (nSPS) is 10.9. The van der Waals surface area contributed by atoms with E-state index in [9.17, 15) is 9.59 Å². The van der Waals surface area contributed by atoms with Gasteiger partial charge in [0.25, 0.3) is 5.56 Å². The first-order chi connectivity index (χ1) is 14.7. The van der Waals surface area contributed by atoms with Crippen molar-refractivity contribution in [2.45, 2.75) is 25.9 Å². The predicted molar refractivity (Wildman–Crippen MR) is 109 cm³/mol. The maximum Gasteiger partial charge on any atom is 0.307 e. The highest BCUT2D eigenvalue weighted by Crippen LogP contribution is 2.11. The molecule has 0 saturated carbocycles. The number of fused-ring (bicyclic) bond motifs is 1. The zero-order valence-electron chi connectivity index (χ0n) is 16.2. The number of para-hydroxylation sites is 1. The van der Waals surface area contributed by atoms with Crippen LogP contribution in [0, 0.1) is 0 Å². The molecule has 0 aliphatic carbocycles. The number of rotatable bonds is 8. The van der Waals surface area contributed by atoms with Gasteiger partial charge in [-0.15, -0.1) is 10.2 Å². The molecule has 0 radical (unpaired) electrons. The highest BCUT2D eigenvalue weighted by molar-refractivity contribution is 5.77. The highest BCUT2D eigenvalue weighted by atomic mass is 16.5. The summed E-state index contributed by atoms with van der Waals surface area (Å²) in [6.07, 6.45) is 2.12. The minimum atomic E-state index is -0.369. The van der Waals surface area contributed by atoms with Gasteiger partial charge in [0.05, 0.1) is 36.8 Å². The van der Waals surface area contributed by atoms with Gasteiger partial charge < -0.3 is 4.74 Å². The molecule has 0 N–H and O–H groups in total. The molecule has 0 unspecified atom stereocenters. The van der Waals surface area contributed by atoms with Gasteiger partial charge in [-0.2, -0.15) is 4.80 Å². The Morgan fingerprint density at radius 2 is 1.80 bits per heavy atom. The number of hydrogen-bond donors (Lipinski definition) is 0. The Hall–Kier alpha value is -3.88. The molecule has 0 fully saturated rings. The van der Waals surface area contributed by atoms with Gasteiger partial charge in [0.2, 0.25) is 5.82 Å². The molecule has 0 bridgehead atoms. The Kier molecular flexibility index (Phi) is 5.88. The monoisotopic (exact) mass is 404 g/mol. The maximum absolute atomic E-state index is 12.4. The summed E-state index contributed by atoms with van der Waals surface area (Å²) in [5.74, 6) is 0.189. The molecule has 152 valence electrons. The van der Waals surface area contributed by atoms with Gasteiger partial charge in [0.1, 0.15) is 0 Å². The molecule has 2 aromatic heterocycles. The average molecular weight is 404 g/mol. The summed E-state index contributed by atoms with van der Waals surface area (Å²) in [6, 6.07) is 16.7. The smallest absolute Gasteiger partial charge is 0.307 e. The van der Waals surface area contributed by atoms with E-state index in [-0.39, 0.29) is 31.1 Å². The summed E-state index contributed by atoms with van der Waals surface area (Å²) >= 11 is 0. The number of ether oxygens (including phenoxy) is 1. The summed E-state index contributed by atoms with van der Waals surface area (Å²) in [6.45, 7) is 0.952. The summed E-state index contributed by atoms with van der Waals surface area (Å²) in [5.41, 5.74) is 1.37. The van der Waals surface area contributed by atoms with Crippen LogP contribution >= 0.6 is 0 Å². The number of carbonyl (C=O) groups is 1. The van der Waals surface area contributed by atoms with E-state index in [2.05, 4.69) is 20.4 Å². The molecule has 0 aliphatic heterocycles. The number of aryl methyl sites for hydroxylation is 2. The van der Waals surface area contributed by atoms with E-state index in [1.165, 1.54) is 15.7 Å². The Bertz CT molecular complexity index is 1200. The van der Waals surface area contributed by atoms with Gasteiger partial charge in [-0.3, -0.25) is 14.2 Å². The zero-order chi connectivity index (χ0) is 20.8. The van der Waals surface area contributed by atoms with Gasteiger partial charge in [-0.1, -0.05) is 42.5 Å². The van der Waals surface area contributed by atoms with Gasteiger partial charge in [0, 0.05) is 18.5 Å². The van der Waals surface area contributed by atoms with Crippen molar-refractivity contribution < 1.29 is 9.53 Å². The van der Waals surface area contributed by atoms with E-state index in [0.29, 0.717) is 29.7 Å². The molecule has 9 heteroatoms. The third-order valence-electron chi connectivity index (χ3n) is 4.54. The number of nitrogens with zero attached hydrogens (tertiary/aromatic N) is 6. The number of tetrazole rings is 1. The first-order valence-corrected chi connectivity index (χ1v) is 9.64. The van der Waals surface area contributed by atoms with Crippen LogP contribution in [0.15, 0.2) is 65.7 Å². The lowest BCUT2D eigenvalue weighted by Gasteiger charge is -2.07. The molecular formula is C21H20N6O3. The summed E-state index contributed by atoms with van der Waals surface area (Å²) in [4.78, 5) is 30.1.